The first-order valence-corrected chi connectivity index (χ1v) is 7.59. The molecule has 1 unspecified atom stereocenters. The summed E-state index contributed by atoms with van der Waals surface area (Å²) in [5.41, 5.74) is 0. The second-order valence-corrected chi connectivity index (χ2v) is 5.19. The Kier molecular flexibility index (Phi) is 12.0. The van der Waals surface area contributed by atoms with E-state index in [1.165, 1.54) is 6.08 Å². The van der Waals surface area contributed by atoms with Crippen molar-refractivity contribution in [3.8, 4) is 0 Å². The van der Waals surface area contributed by atoms with Crippen LogP contribution in [0, 0.1) is 0 Å². The van der Waals surface area contributed by atoms with Crippen molar-refractivity contribution in [3.63, 3.8) is 0 Å². The summed E-state index contributed by atoms with van der Waals surface area (Å²) in [5.74, 6) is -0.828. The topological polar surface area (TPSA) is 127 Å². The van der Waals surface area contributed by atoms with Crippen molar-refractivity contribution in [1.29, 1.82) is 0 Å². The average molecular weight is 320 g/mol. The molecule has 0 aromatic heterocycles. The van der Waals surface area contributed by atoms with E-state index >= 15 is 0 Å². The smallest absolute Gasteiger partial charge is 0.330 e. The lowest BCUT2D eigenvalue weighted by molar-refractivity contribution is -0.163. The summed E-state index contributed by atoms with van der Waals surface area (Å²) in [6.45, 7) is 0.643. The van der Waals surface area contributed by atoms with Gasteiger partial charge in [-0.25, -0.2) is 4.79 Å². The third kappa shape index (κ3) is 9.11. The summed E-state index contributed by atoms with van der Waals surface area (Å²) in [7, 11) is 0. The maximum Gasteiger partial charge on any atom is 0.330 e. The molecule has 3 atom stereocenters. The zero-order valence-electron chi connectivity index (χ0n) is 13.0. The van der Waals surface area contributed by atoms with Gasteiger partial charge < -0.3 is 30.3 Å². The predicted octanol–water partition coefficient (Wildman–Crippen LogP) is -0.508. The van der Waals surface area contributed by atoms with Crippen molar-refractivity contribution >= 4 is 5.97 Å². The first kappa shape index (κ1) is 21.0. The van der Waals surface area contributed by atoms with Crippen molar-refractivity contribution in [2.45, 2.75) is 63.4 Å². The molecule has 0 aliphatic carbocycles. The van der Waals surface area contributed by atoms with Crippen molar-refractivity contribution in [2.24, 2.45) is 0 Å². The Balaban J connectivity index is 4.25. The van der Waals surface area contributed by atoms with Crippen molar-refractivity contribution in [1.82, 2.24) is 0 Å². The Morgan fingerprint density at radius 1 is 1.09 bits per heavy atom. The molecule has 7 heteroatoms. The van der Waals surface area contributed by atoms with Gasteiger partial charge in [0.15, 0.2) is 6.10 Å². The van der Waals surface area contributed by atoms with Crippen molar-refractivity contribution in [3.05, 3.63) is 12.2 Å². The maximum absolute atomic E-state index is 11.6. The van der Waals surface area contributed by atoms with Crippen LogP contribution in [0.1, 0.15) is 39.0 Å². The second-order valence-electron chi connectivity index (χ2n) is 5.19. The van der Waals surface area contributed by atoms with Crippen LogP contribution in [0.3, 0.4) is 0 Å². The normalized spacial score (nSPS) is 16.0. The van der Waals surface area contributed by atoms with Gasteiger partial charge in [0.25, 0.3) is 0 Å². The molecule has 0 saturated heterocycles. The van der Waals surface area contributed by atoms with E-state index < -0.39 is 43.6 Å². The molecule has 0 fully saturated rings. The Labute approximate surface area is 130 Å². The van der Waals surface area contributed by atoms with Crippen molar-refractivity contribution in [2.75, 3.05) is 13.2 Å². The van der Waals surface area contributed by atoms with Gasteiger partial charge in [0.05, 0.1) is 19.3 Å². The van der Waals surface area contributed by atoms with Crippen LogP contribution in [0.15, 0.2) is 12.2 Å². The lowest BCUT2D eigenvalue weighted by atomic mass is 10.1. The Morgan fingerprint density at radius 3 is 2.18 bits per heavy atom. The minimum absolute atomic E-state index is 0.300. The van der Waals surface area contributed by atoms with E-state index in [9.17, 15) is 20.1 Å². The molecular formula is C15H28O7. The van der Waals surface area contributed by atoms with E-state index in [1.807, 2.05) is 0 Å². The molecule has 0 heterocycles. The van der Waals surface area contributed by atoms with Gasteiger partial charge in [0.2, 0.25) is 0 Å². The summed E-state index contributed by atoms with van der Waals surface area (Å²) in [5, 5.41) is 46.2. The van der Waals surface area contributed by atoms with E-state index in [1.54, 1.807) is 0 Å². The van der Waals surface area contributed by atoms with Gasteiger partial charge in [-0.1, -0.05) is 32.3 Å². The molecule has 5 N–H and O–H groups in total. The zero-order chi connectivity index (χ0) is 17.0. The number of aliphatic hydroxyl groups excluding tert-OH is 5. The van der Waals surface area contributed by atoms with E-state index in [-0.39, 0.29) is 0 Å². The quantitative estimate of drug-likeness (QED) is 0.186. The van der Waals surface area contributed by atoms with E-state index in [0.717, 1.165) is 25.3 Å². The highest BCUT2D eigenvalue weighted by molar-refractivity contribution is 5.82. The van der Waals surface area contributed by atoms with Crippen LogP contribution in [0.25, 0.3) is 0 Å². The van der Waals surface area contributed by atoms with E-state index in [4.69, 9.17) is 14.9 Å². The molecule has 22 heavy (non-hydrogen) atoms. The number of hydrogen-bond acceptors (Lipinski definition) is 7. The van der Waals surface area contributed by atoms with Gasteiger partial charge in [-0.15, -0.1) is 0 Å². The molecule has 0 radical (unpaired) electrons. The number of aliphatic hydroxyl groups is 5. The lowest BCUT2D eigenvalue weighted by Gasteiger charge is -2.24. The minimum atomic E-state index is -1.49. The highest BCUT2D eigenvalue weighted by Crippen LogP contribution is 2.09. The Morgan fingerprint density at radius 2 is 1.68 bits per heavy atom. The van der Waals surface area contributed by atoms with Gasteiger partial charge in [-0.2, -0.15) is 0 Å². The van der Waals surface area contributed by atoms with Crippen LogP contribution in [-0.2, 0) is 9.53 Å². The fourth-order valence-corrected chi connectivity index (χ4v) is 1.86. The summed E-state index contributed by atoms with van der Waals surface area (Å²) < 4.78 is 4.81. The Hall–Kier alpha value is -0.990. The maximum atomic E-state index is 11.6. The molecule has 0 aliphatic rings. The fraction of sp³-hybridized carbons (Fsp3) is 0.800. The summed E-state index contributed by atoms with van der Waals surface area (Å²) >= 11 is 0. The molecule has 0 aromatic rings. The average Bonchev–Trinajstić information content (AvgIpc) is 2.51. The molecule has 0 amide bonds. The molecule has 0 spiro atoms. The minimum Gasteiger partial charge on any atom is -0.453 e. The van der Waals surface area contributed by atoms with Crippen LogP contribution in [-0.4, -0.2) is 69.1 Å². The van der Waals surface area contributed by atoms with Gasteiger partial charge in [0.1, 0.15) is 12.2 Å². The van der Waals surface area contributed by atoms with E-state index in [2.05, 4.69) is 6.92 Å². The third-order valence-electron chi connectivity index (χ3n) is 3.19. The molecule has 0 saturated carbocycles. The number of carbonyl (C=O) groups excluding carboxylic acids is 1. The molecule has 0 rings (SSSR count). The van der Waals surface area contributed by atoms with Gasteiger partial charge in [0, 0.05) is 6.08 Å². The fourth-order valence-electron chi connectivity index (χ4n) is 1.86. The largest absolute Gasteiger partial charge is 0.453 e. The first-order valence-electron chi connectivity index (χ1n) is 7.59. The third-order valence-corrected chi connectivity index (χ3v) is 3.19. The molecule has 0 aliphatic heterocycles. The number of carbonyl (C=O) groups is 1. The van der Waals surface area contributed by atoms with Crippen LogP contribution < -0.4 is 0 Å². The molecule has 130 valence electrons. The summed E-state index contributed by atoms with van der Waals surface area (Å²) in [4.78, 5) is 11.6. The highest BCUT2D eigenvalue weighted by Gasteiger charge is 2.29. The SMILES string of the molecule is CCCCCC(O)C/C=C\C(=O)OC([C@H](O)CO)[C@H](O)CO. The lowest BCUT2D eigenvalue weighted by Crippen LogP contribution is -2.44. The van der Waals surface area contributed by atoms with Gasteiger partial charge in [-0.3, -0.25) is 0 Å². The number of hydrogen-bond donors (Lipinski definition) is 5. The second kappa shape index (κ2) is 12.5. The predicted molar refractivity (Wildman–Crippen MR) is 80.0 cm³/mol. The summed E-state index contributed by atoms with van der Waals surface area (Å²) in [6.07, 6.45) is 1.61. The summed E-state index contributed by atoms with van der Waals surface area (Å²) in [6, 6.07) is 0. The van der Waals surface area contributed by atoms with Crippen LogP contribution in [0.4, 0.5) is 0 Å². The highest BCUT2D eigenvalue weighted by atomic mass is 16.6. The van der Waals surface area contributed by atoms with Gasteiger partial charge >= 0.3 is 5.97 Å². The van der Waals surface area contributed by atoms with Crippen LogP contribution in [0.2, 0.25) is 0 Å². The first-order chi connectivity index (χ1) is 10.5. The monoisotopic (exact) mass is 320 g/mol. The van der Waals surface area contributed by atoms with E-state index in [0.29, 0.717) is 12.8 Å². The zero-order valence-corrected chi connectivity index (χ0v) is 13.0. The molecular weight excluding hydrogens is 292 g/mol. The van der Waals surface area contributed by atoms with Crippen molar-refractivity contribution < 1.29 is 35.1 Å². The standard InChI is InChI=1S/C15H28O7/c1-2-3-4-6-11(18)7-5-8-14(21)22-15(12(19)9-16)13(20)10-17/h5,8,11-13,15-20H,2-4,6-7,9-10H2,1H3/b8-5-/t11?,12-,13-/m1/s1. The molecule has 7 nitrogen and oxygen atoms in total. The number of ether oxygens (including phenoxy) is 1. The van der Waals surface area contributed by atoms with Crippen LogP contribution in [0.5, 0.6) is 0 Å². The molecule has 0 aromatic carbocycles. The number of unbranched alkanes of at least 4 members (excludes halogenated alkanes) is 2. The number of esters is 1. The van der Waals surface area contributed by atoms with Gasteiger partial charge in [-0.05, 0) is 12.8 Å². The molecule has 0 bridgehead atoms. The van der Waals surface area contributed by atoms with Crippen LogP contribution >= 0.6 is 0 Å². The number of rotatable bonds is 12. The Bertz CT molecular complexity index is 309.